The average molecular weight is 429 g/mol. The summed E-state index contributed by atoms with van der Waals surface area (Å²) in [6.45, 7) is 3.02. The van der Waals surface area contributed by atoms with Crippen LogP contribution in [0.4, 0.5) is 4.79 Å². The molecule has 31 heavy (non-hydrogen) atoms. The Labute approximate surface area is 178 Å². The molecular weight excluding hydrogens is 406 g/mol. The molecule has 3 rings (SSSR count). The minimum atomic E-state index is -0.706. The molecule has 11 heteroatoms. The summed E-state index contributed by atoms with van der Waals surface area (Å²) in [6, 6.07) is 8.28. The molecule has 2 heterocycles. The van der Waals surface area contributed by atoms with Crippen LogP contribution in [0.5, 0.6) is 0 Å². The van der Waals surface area contributed by atoms with Crippen molar-refractivity contribution in [3.05, 3.63) is 47.7 Å². The highest BCUT2D eigenvalue weighted by atomic mass is 16.7. The van der Waals surface area contributed by atoms with Crippen molar-refractivity contribution in [1.82, 2.24) is 20.4 Å². The number of hydrogen-bond acceptors (Lipinski definition) is 8. The Bertz CT molecular complexity index is 921. The van der Waals surface area contributed by atoms with Crippen LogP contribution < -0.4 is 5.59 Å². The predicted octanol–water partition coefficient (Wildman–Crippen LogP) is 0.361. The zero-order chi connectivity index (χ0) is 22.4. The Balaban J connectivity index is 1.83. The first-order valence-electron chi connectivity index (χ1n) is 9.72. The van der Waals surface area contributed by atoms with Crippen molar-refractivity contribution in [3.8, 4) is 0 Å². The Morgan fingerprint density at radius 2 is 1.77 bits per heavy atom. The van der Waals surface area contributed by atoms with E-state index in [1.165, 1.54) is 27.9 Å². The molecule has 0 radical (unpaired) electrons. The smallest absolute Gasteiger partial charge is 0.409 e. The third-order valence-corrected chi connectivity index (χ3v) is 4.67. The fraction of sp³-hybridized carbons (Fsp3) is 0.350. The zero-order valence-electron chi connectivity index (χ0n) is 17.2. The fourth-order valence-electron chi connectivity index (χ4n) is 3.00. The number of ether oxygens (including phenoxy) is 1. The third-order valence-electron chi connectivity index (χ3n) is 4.67. The van der Waals surface area contributed by atoms with E-state index in [9.17, 15) is 19.2 Å². The minimum Gasteiger partial charge on any atom is -0.450 e. The van der Waals surface area contributed by atoms with Crippen molar-refractivity contribution in [1.29, 1.82) is 0 Å². The highest BCUT2D eigenvalue weighted by Gasteiger charge is 2.30. The van der Waals surface area contributed by atoms with Crippen molar-refractivity contribution in [3.63, 3.8) is 0 Å². The molecule has 0 aromatic heterocycles. The number of likely N-dealkylation sites (N-methyl/N-ethyl adjacent to an activating group) is 1. The van der Waals surface area contributed by atoms with E-state index >= 15 is 0 Å². The first-order valence-corrected chi connectivity index (χ1v) is 9.72. The summed E-state index contributed by atoms with van der Waals surface area (Å²) < 4.78 is 4.98. The fourth-order valence-corrected chi connectivity index (χ4v) is 3.00. The molecule has 1 aromatic carbocycles. The van der Waals surface area contributed by atoms with E-state index in [0.717, 1.165) is 0 Å². The van der Waals surface area contributed by atoms with Gasteiger partial charge < -0.3 is 19.4 Å². The van der Waals surface area contributed by atoms with Gasteiger partial charge in [-0.05, 0) is 19.1 Å². The number of aliphatic imine (C=N–C) groups is 1. The number of nitrogens with zero attached hydrogens (tertiary/aromatic N) is 4. The Morgan fingerprint density at radius 3 is 2.35 bits per heavy atom. The molecule has 2 saturated heterocycles. The molecule has 3 amide bonds. The third kappa shape index (κ3) is 5.25. The summed E-state index contributed by atoms with van der Waals surface area (Å²) >= 11 is 0. The molecule has 0 saturated carbocycles. The normalized spacial score (nSPS) is 18.3. The van der Waals surface area contributed by atoms with Crippen LogP contribution in [0.1, 0.15) is 17.3 Å². The van der Waals surface area contributed by atoms with E-state index in [4.69, 9.17) is 9.57 Å². The van der Waals surface area contributed by atoms with Gasteiger partial charge in [0.25, 0.3) is 11.8 Å². The van der Waals surface area contributed by atoms with E-state index in [2.05, 4.69) is 10.6 Å². The van der Waals surface area contributed by atoms with Gasteiger partial charge in [-0.2, -0.15) is 0 Å². The molecule has 2 aliphatic heterocycles. The topological polar surface area (TPSA) is 121 Å². The standard InChI is InChI=1S/C20H23N5O6/c1-3-30-20(29)25-11-9-24(10-12-25)18(27)15(13-16-19(28)31-22-23(16)2)21-17(26)14-7-5-4-6-8-14/h4-8,13,22H,3,9-12H2,1-2H3/b16-13+,21-15?. The largest absolute Gasteiger partial charge is 0.450 e. The number of hydrogen-bond donors (Lipinski definition) is 1. The number of carbonyl (C=O) groups excluding carboxylic acids is 4. The van der Waals surface area contributed by atoms with Gasteiger partial charge in [-0.3, -0.25) is 14.6 Å². The molecule has 0 spiro atoms. The maximum atomic E-state index is 13.1. The van der Waals surface area contributed by atoms with Gasteiger partial charge in [0.15, 0.2) is 0 Å². The molecular formula is C20H23N5O6. The first kappa shape index (κ1) is 22.0. The SMILES string of the molecule is CCOC(=O)N1CCN(C(=O)C(/C=C2\C(=O)ONN2C)=NC(=O)c2ccccc2)CC1. The van der Waals surface area contributed by atoms with Crippen LogP contribution in [-0.4, -0.2) is 84.2 Å². The molecule has 2 fully saturated rings. The van der Waals surface area contributed by atoms with E-state index in [0.29, 0.717) is 5.56 Å². The molecule has 0 aliphatic carbocycles. The Hall–Kier alpha value is -3.73. The number of rotatable bonds is 4. The Kier molecular flexibility index (Phi) is 6.98. The molecule has 0 atom stereocenters. The van der Waals surface area contributed by atoms with Crippen LogP contribution in [0.3, 0.4) is 0 Å². The van der Waals surface area contributed by atoms with Crippen LogP contribution in [0.2, 0.25) is 0 Å². The monoisotopic (exact) mass is 429 g/mol. The summed E-state index contributed by atoms with van der Waals surface area (Å²) in [5.41, 5.74) is 2.47. The minimum absolute atomic E-state index is 0.0260. The maximum Gasteiger partial charge on any atom is 0.409 e. The lowest BCUT2D eigenvalue weighted by Gasteiger charge is -2.34. The number of hydrazine groups is 1. The van der Waals surface area contributed by atoms with Gasteiger partial charge >= 0.3 is 12.1 Å². The number of amides is 3. The lowest BCUT2D eigenvalue weighted by Crippen LogP contribution is -2.52. The lowest BCUT2D eigenvalue weighted by atomic mass is 10.2. The zero-order valence-corrected chi connectivity index (χ0v) is 17.2. The second kappa shape index (κ2) is 9.85. The highest BCUT2D eigenvalue weighted by Crippen LogP contribution is 2.12. The summed E-state index contributed by atoms with van der Waals surface area (Å²) in [7, 11) is 1.52. The number of benzene rings is 1. The van der Waals surface area contributed by atoms with Crippen molar-refractivity contribution >= 4 is 29.6 Å². The average Bonchev–Trinajstić information content (AvgIpc) is 3.11. The van der Waals surface area contributed by atoms with E-state index in [1.54, 1.807) is 37.3 Å². The van der Waals surface area contributed by atoms with Gasteiger partial charge in [-0.15, -0.1) is 0 Å². The van der Waals surface area contributed by atoms with Gasteiger partial charge in [0, 0.05) is 44.9 Å². The Morgan fingerprint density at radius 1 is 1.13 bits per heavy atom. The van der Waals surface area contributed by atoms with Crippen LogP contribution >= 0.6 is 0 Å². The second-order valence-corrected chi connectivity index (χ2v) is 6.72. The van der Waals surface area contributed by atoms with E-state index in [-0.39, 0.29) is 44.2 Å². The summed E-state index contributed by atoms with van der Waals surface area (Å²) in [4.78, 5) is 61.2. The van der Waals surface area contributed by atoms with Crippen LogP contribution in [0.15, 0.2) is 47.1 Å². The number of carbonyl (C=O) groups is 4. The van der Waals surface area contributed by atoms with Crippen LogP contribution in [0.25, 0.3) is 0 Å². The van der Waals surface area contributed by atoms with Crippen LogP contribution in [0, 0.1) is 0 Å². The molecule has 2 aliphatic rings. The lowest BCUT2D eigenvalue weighted by molar-refractivity contribution is -0.142. The van der Waals surface area contributed by atoms with E-state index < -0.39 is 23.9 Å². The summed E-state index contributed by atoms with van der Waals surface area (Å²) in [5.74, 6) is -1.86. The number of nitrogens with one attached hydrogen (secondary N) is 1. The van der Waals surface area contributed by atoms with Crippen molar-refractivity contribution in [2.45, 2.75) is 6.92 Å². The molecule has 11 nitrogen and oxygen atoms in total. The molecule has 164 valence electrons. The van der Waals surface area contributed by atoms with Gasteiger partial charge in [-0.25, -0.2) is 14.6 Å². The van der Waals surface area contributed by atoms with Gasteiger partial charge in [0.1, 0.15) is 11.4 Å². The molecule has 1 aromatic rings. The van der Waals surface area contributed by atoms with Crippen molar-refractivity contribution in [2.75, 3.05) is 39.8 Å². The van der Waals surface area contributed by atoms with E-state index in [1.807, 2.05) is 0 Å². The van der Waals surface area contributed by atoms with Gasteiger partial charge in [0.05, 0.1) is 6.61 Å². The molecule has 0 bridgehead atoms. The predicted molar refractivity (Wildman–Crippen MR) is 108 cm³/mol. The van der Waals surface area contributed by atoms with Gasteiger partial charge in [-0.1, -0.05) is 23.8 Å². The van der Waals surface area contributed by atoms with Crippen molar-refractivity contribution in [2.24, 2.45) is 4.99 Å². The summed E-state index contributed by atoms with van der Waals surface area (Å²) in [5, 5.41) is 1.27. The molecule has 1 N–H and O–H groups in total. The van der Waals surface area contributed by atoms with Crippen molar-refractivity contribution < 1.29 is 28.8 Å². The second-order valence-electron chi connectivity index (χ2n) is 6.72. The van der Waals surface area contributed by atoms with Gasteiger partial charge in [0.2, 0.25) is 0 Å². The number of piperazine rings is 1. The summed E-state index contributed by atoms with van der Waals surface area (Å²) in [6.07, 6.45) is 0.773. The quantitative estimate of drug-likeness (QED) is 0.538. The maximum absolute atomic E-state index is 13.1. The highest BCUT2D eigenvalue weighted by molar-refractivity contribution is 6.45. The van der Waals surface area contributed by atoms with Crippen LogP contribution in [-0.2, 0) is 19.2 Å². The first-order chi connectivity index (χ1) is 14.9. The molecule has 0 unspecified atom stereocenters.